The van der Waals surface area contributed by atoms with Crippen molar-refractivity contribution in [3.8, 4) is 0 Å². The van der Waals surface area contributed by atoms with Gasteiger partial charge in [-0.3, -0.25) is 4.79 Å². The first kappa shape index (κ1) is 13.8. The van der Waals surface area contributed by atoms with Crippen LogP contribution in [-0.4, -0.2) is 25.5 Å². The zero-order chi connectivity index (χ0) is 12.8. The molecule has 0 saturated carbocycles. The van der Waals surface area contributed by atoms with E-state index < -0.39 is 0 Å². The molecular weight excluding hydrogens is 339 g/mol. The molecule has 1 amide bonds. The van der Waals surface area contributed by atoms with Crippen LogP contribution in [0.4, 0.5) is 5.69 Å². The van der Waals surface area contributed by atoms with Crippen LogP contribution in [0.25, 0.3) is 0 Å². The van der Waals surface area contributed by atoms with Crippen molar-refractivity contribution in [3.05, 3.63) is 27.8 Å². The van der Waals surface area contributed by atoms with E-state index in [-0.39, 0.29) is 5.91 Å². The Morgan fingerprint density at radius 2 is 1.83 bits per heavy atom. The summed E-state index contributed by atoms with van der Waals surface area (Å²) in [4.78, 5) is 13.4. The highest BCUT2D eigenvalue weighted by Crippen LogP contribution is 2.16. The highest BCUT2D eigenvalue weighted by atomic mass is 127. The molecule has 1 saturated heterocycles. The minimum absolute atomic E-state index is 0.135. The van der Waals surface area contributed by atoms with Crippen LogP contribution in [0.2, 0.25) is 0 Å². The van der Waals surface area contributed by atoms with Crippen LogP contribution in [-0.2, 0) is 4.79 Å². The summed E-state index contributed by atoms with van der Waals surface area (Å²) in [7, 11) is 0. The van der Waals surface area contributed by atoms with Crippen molar-refractivity contribution in [2.75, 3.05) is 25.0 Å². The van der Waals surface area contributed by atoms with Gasteiger partial charge in [-0.1, -0.05) is 12.1 Å². The second-order valence-corrected chi connectivity index (χ2v) is 6.03. The van der Waals surface area contributed by atoms with Crippen LogP contribution in [0.3, 0.4) is 0 Å². The molecule has 1 fully saturated rings. The van der Waals surface area contributed by atoms with E-state index in [2.05, 4.69) is 27.9 Å². The number of para-hydroxylation sites is 1. The number of nitrogens with one attached hydrogen (secondary N) is 2. The molecule has 1 aliphatic heterocycles. The van der Waals surface area contributed by atoms with E-state index in [9.17, 15) is 4.79 Å². The molecule has 2 rings (SSSR count). The lowest BCUT2D eigenvalue weighted by atomic mass is 10.2. The number of likely N-dealkylation sites (tertiary alicyclic amines) is 1. The standard InChI is InChI=1S/C14H19IN2O/c15-12-7-3-4-8-13(12)16-14(18)11-17-9-5-1-2-6-10-17/h3-4,7-8H,1-2,5-6,9-11H2,(H,16,18)/p+1. The zero-order valence-corrected chi connectivity index (χ0v) is 12.7. The van der Waals surface area contributed by atoms with E-state index in [1.807, 2.05) is 24.3 Å². The summed E-state index contributed by atoms with van der Waals surface area (Å²) in [6, 6.07) is 7.90. The molecule has 0 spiro atoms. The Kier molecular flexibility index (Phi) is 5.44. The number of rotatable bonds is 3. The molecule has 3 nitrogen and oxygen atoms in total. The Morgan fingerprint density at radius 1 is 1.17 bits per heavy atom. The molecule has 2 N–H and O–H groups in total. The molecule has 1 aliphatic rings. The van der Waals surface area contributed by atoms with Crippen LogP contribution in [0, 0.1) is 3.57 Å². The number of benzene rings is 1. The minimum atomic E-state index is 0.135. The molecule has 0 aliphatic carbocycles. The fourth-order valence-electron chi connectivity index (χ4n) is 2.39. The lowest BCUT2D eigenvalue weighted by molar-refractivity contribution is -0.890. The fraction of sp³-hybridized carbons (Fsp3) is 0.500. The van der Waals surface area contributed by atoms with E-state index in [1.165, 1.54) is 30.6 Å². The number of hydrogen-bond donors (Lipinski definition) is 2. The van der Waals surface area contributed by atoms with Gasteiger partial charge in [-0.2, -0.15) is 0 Å². The average molecular weight is 359 g/mol. The van der Waals surface area contributed by atoms with Gasteiger partial charge in [0.25, 0.3) is 5.91 Å². The fourth-order valence-corrected chi connectivity index (χ4v) is 2.91. The van der Waals surface area contributed by atoms with Gasteiger partial charge in [0.15, 0.2) is 6.54 Å². The summed E-state index contributed by atoms with van der Waals surface area (Å²) >= 11 is 2.25. The summed E-state index contributed by atoms with van der Waals surface area (Å²) < 4.78 is 1.09. The maximum absolute atomic E-state index is 12.0. The predicted molar refractivity (Wildman–Crippen MR) is 81.8 cm³/mol. The topological polar surface area (TPSA) is 33.5 Å². The van der Waals surface area contributed by atoms with Gasteiger partial charge >= 0.3 is 0 Å². The third-order valence-corrected chi connectivity index (χ3v) is 4.31. The second-order valence-electron chi connectivity index (χ2n) is 4.87. The molecule has 98 valence electrons. The third-order valence-electron chi connectivity index (χ3n) is 3.37. The first-order valence-electron chi connectivity index (χ1n) is 6.63. The van der Waals surface area contributed by atoms with E-state index in [1.54, 1.807) is 0 Å². The van der Waals surface area contributed by atoms with Crippen LogP contribution in [0.1, 0.15) is 25.7 Å². The third kappa shape index (κ3) is 4.24. The summed E-state index contributed by atoms with van der Waals surface area (Å²) in [6.07, 6.45) is 5.15. The van der Waals surface area contributed by atoms with Crippen molar-refractivity contribution in [3.63, 3.8) is 0 Å². The monoisotopic (exact) mass is 359 g/mol. The molecule has 1 aromatic rings. The van der Waals surface area contributed by atoms with Crippen LogP contribution < -0.4 is 10.2 Å². The molecule has 1 aromatic carbocycles. The van der Waals surface area contributed by atoms with Gasteiger partial charge in [-0.05, 0) is 60.4 Å². The molecule has 0 aromatic heterocycles. The summed E-state index contributed by atoms with van der Waals surface area (Å²) in [6.45, 7) is 2.88. The lowest BCUT2D eigenvalue weighted by Gasteiger charge is -2.16. The highest BCUT2D eigenvalue weighted by Gasteiger charge is 2.16. The second kappa shape index (κ2) is 7.09. The average Bonchev–Trinajstić information content (AvgIpc) is 2.61. The van der Waals surface area contributed by atoms with Crippen molar-refractivity contribution < 1.29 is 9.69 Å². The Labute approximate surface area is 122 Å². The number of hydrogen-bond acceptors (Lipinski definition) is 1. The van der Waals surface area contributed by atoms with Gasteiger partial charge < -0.3 is 10.2 Å². The van der Waals surface area contributed by atoms with Crippen LogP contribution >= 0.6 is 22.6 Å². The molecule has 4 heteroatoms. The lowest BCUT2D eigenvalue weighted by Crippen LogP contribution is -3.12. The van der Waals surface area contributed by atoms with Gasteiger partial charge in [-0.15, -0.1) is 0 Å². The van der Waals surface area contributed by atoms with E-state index >= 15 is 0 Å². The molecule has 0 bridgehead atoms. The van der Waals surface area contributed by atoms with Gasteiger partial charge in [0.1, 0.15) is 0 Å². The van der Waals surface area contributed by atoms with Gasteiger partial charge in [0, 0.05) is 3.57 Å². The number of quaternary nitrogens is 1. The Balaban J connectivity index is 1.86. The molecule has 1 heterocycles. The Bertz CT molecular complexity index is 401. The summed E-state index contributed by atoms with van der Waals surface area (Å²) in [5, 5.41) is 3.01. The van der Waals surface area contributed by atoms with Crippen molar-refractivity contribution in [1.29, 1.82) is 0 Å². The Hall–Kier alpha value is -0.620. The van der Waals surface area contributed by atoms with E-state index in [0.29, 0.717) is 6.54 Å². The number of amides is 1. The van der Waals surface area contributed by atoms with E-state index in [0.717, 1.165) is 22.3 Å². The van der Waals surface area contributed by atoms with Gasteiger partial charge in [0.05, 0.1) is 18.8 Å². The maximum Gasteiger partial charge on any atom is 0.279 e. The number of carbonyl (C=O) groups excluding carboxylic acids is 1. The number of anilines is 1. The quantitative estimate of drug-likeness (QED) is 0.792. The van der Waals surface area contributed by atoms with Crippen molar-refractivity contribution in [2.45, 2.75) is 25.7 Å². The van der Waals surface area contributed by atoms with Crippen LogP contribution in [0.15, 0.2) is 24.3 Å². The summed E-state index contributed by atoms with van der Waals surface area (Å²) in [5.74, 6) is 0.135. The normalized spacial score (nSPS) is 17.2. The largest absolute Gasteiger partial charge is 0.327 e. The Morgan fingerprint density at radius 3 is 2.50 bits per heavy atom. The van der Waals surface area contributed by atoms with Gasteiger partial charge in [0.2, 0.25) is 0 Å². The van der Waals surface area contributed by atoms with Crippen molar-refractivity contribution >= 4 is 34.2 Å². The van der Waals surface area contributed by atoms with Crippen molar-refractivity contribution in [1.82, 2.24) is 0 Å². The van der Waals surface area contributed by atoms with E-state index in [4.69, 9.17) is 0 Å². The SMILES string of the molecule is O=C(C[NH+]1CCCCCC1)Nc1ccccc1I. The van der Waals surface area contributed by atoms with Crippen molar-refractivity contribution in [2.24, 2.45) is 0 Å². The van der Waals surface area contributed by atoms with Crippen LogP contribution in [0.5, 0.6) is 0 Å². The molecular formula is C14H20IN2O+. The maximum atomic E-state index is 12.0. The van der Waals surface area contributed by atoms with Gasteiger partial charge in [-0.25, -0.2) is 0 Å². The minimum Gasteiger partial charge on any atom is -0.327 e. The molecule has 0 unspecified atom stereocenters. The summed E-state index contributed by atoms with van der Waals surface area (Å²) in [5.41, 5.74) is 0.928. The first-order chi connectivity index (χ1) is 8.75. The smallest absolute Gasteiger partial charge is 0.279 e. The highest BCUT2D eigenvalue weighted by molar-refractivity contribution is 14.1. The predicted octanol–water partition coefficient (Wildman–Crippen LogP) is 1.69. The molecule has 0 radical (unpaired) electrons. The zero-order valence-electron chi connectivity index (χ0n) is 10.5. The number of carbonyl (C=O) groups is 1. The number of halogens is 1. The molecule has 0 atom stereocenters. The first-order valence-corrected chi connectivity index (χ1v) is 7.71. The molecule has 18 heavy (non-hydrogen) atoms.